The summed E-state index contributed by atoms with van der Waals surface area (Å²) in [6, 6.07) is 7.13. The second kappa shape index (κ2) is 8.09. The highest BCUT2D eigenvalue weighted by Crippen LogP contribution is 2.19. The second-order valence-electron chi connectivity index (χ2n) is 5.17. The monoisotopic (exact) mass is 387 g/mol. The molecule has 0 aliphatic heterocycles. The quantitative estimate of drug-likeness (QED) is 0.730. The first kappa shape index (κ1) is 19.6. The normalized spacial score (nSPS) is 12.6. The van der Waals surface area contributed by atoms with Gasteiger partial charge in [-0.3, -0.25) is 4.79 Å². The standard InChI is InChI=1S/C16H15F2NO6S/c1-10(14(20)19-9-12-3-2-8-24-12)25-15(21)11-4-6-13(7-5-11)26(22,23)16(17)18/h2-8,10,16H,9H2,1H3,(H,19,20)/t10-/m1/s1. The van der Waals surface area contributed by atoms with Crippen LogP contribution < -0.4 is 5.32 Å². The summed E-state index contributed by atoms with van der Waals surface area (Å²) in [5.41, 5.74) is -0.0797. The maximum Gasteiger partial charge on any atom is 0.341 e. The van der Waals surface area contributed by atoms with Crippen molar-refractivity contribution in [1.29, 1.82) is 0 Å². The Balaban J connectivity index is 1.95. The smallest absolute Gasteiger partial charge is 0.341 e. The van der Waals surface area contributed by atoms with Gasteiger partial charge in [-0.2, -0.15) is 8.78 Å². The second-order valence-corrected chi connectivity index (χ2v) is 7.09. The number of esters is 1. The highest BCUT2D eigenvalue weighted by molar-refractivity contribution is 7.91. The largest absolute Gasteiger partial charge is 0.467 e. The maximum absolute atomic E-state index is 12.5. The molecule has 0 radical (unpaired) electrons. The van der Waals surface area contributed by atoms with Crippen LogP contribution in [0.25, 0.3) is 0 Å². The molecule has 1 amide bonds. The van der Waals surface area contributed by atoms with Crippen LogP contribution in [0.4, 0.5) is 8.78 Å². The number of halogens is 2. The molecule has 0 spiro atoms. The molecule has 2 rings (SSSR count). The van der Waals surface area contributed by atoms with E-state index in [0.29, 0.717) is 5.76 Å². The molecule has 1 aromatic heterocycles. The Bertz CT molecular complexity index is 863. The molecule has 0 aliphatic rings. The summed E-state index contributed by atoms with van der Waals surface area (Å²) >= 11 is 0. The highest BCUT2D eigenvalue weighted by Gasteiger charge is 2.27. The molecule has 1 heterocycles. The van der Waals surface area contributed by atoms with Gasteiger partial charge >= 0.3 is 11.7 Å². The van der Waals surface area contributed by atoms with Crippen molar-refractivity contribution in [2.45, 2.75) is 30.2 Å². The lowest BCUT2D eigenvalue weighted by atomic mass is 10.2. The summed E-state index contributed by atoms with van der Waals surface area (Å²) in [5.74, 6) is -4.50. The number of carbonyl (C=O) groups is 2. The average molecular weight is 387 g/mol. The third-order valence-corrected chi connectivity index (χ3v) is 4.72. The Labute approximate surface area is 147 Å². The lowest BCUT2D eigenvalue weighted by Crippen LogP contribution is -2.35. The lowest BCUT2D eigenvalue weighted by molar-refractivity contribution is -0.129. The van der Waals surface area contributed by atoms with Crippen molar-refractivity contribution in [2.24, 2.45) is 0 Å². The summed E-state index contributed by atoms with van der Waals surface area (Å²) in [6.07, 6.45) is 0.324. The Morgan fingerprint density at radius 3 is 2.38 bits per heavy atom. The minimum Gasteiger partial charge on any atom is -0.467 e. The van der Waals surface area contributed by atoms with E-state index in [1.165, 1.54) is 13.2 Å². The average Bonchev–Trinajstić information content (AvgIpc) is 3.13. The van der Waals surface area contributed by atoms with E-state index in [4.69, 9.17) is 9.15 Å². The number of carbonyl (C=O) groups excluding carboxylic acids is 2. The molecule has 26 heavy (non-hydrogen) atoms. The number of sulfone groups is 1. The van der Waals surface area contributed by atoms with Crippen molar-refractivity contribution < 1.29 is 35.9 Å². The van der Waals surface area contributed by atoms with Gasteiger partial charge in [0, 0.05) is 0 Å². The van der Waals surface area contributed by atoms with E-state index in [2.05, 4.69) is 5.32 Å². The lowest BCUT2D eigenvalue weighted by Gasteiger charge is -2.13. The van der Waals surface area contributed by atoms with Crippen molar-refractivity contribution in [3.8, 4) is 0 Å². The minimum absolute atomic E-state index is 0.0797. The minimum atomic E-state index is -4.74. The predicted molar refractivity (Wildman–Crippen MR) is 85.1 cm³/mol. The van der Waals surface area contributed by atoms with Gasteiger partial charge in [-0.25, -0.2) is 13.2 Å². The zero-order valence-corrected chi connectivity index (χ0v) is 14.3. The van der Waals surface area contributed by atoms with Gasteiger partial charge in [-0.1, -0.05) is 0 Å². The topological polar surface area (TPSA) is 103 Å². The van der Waals surface area contributed by atoms with Crippen LogP contribution in [0, 0.1) is 0 Å². The van der Waals surface area contributed by atoms with Crippen molar-refractivity contribution in [3.63, 3.8) is 0 Å². The third kappa shape index (κ3) is 4.66. The number of ether oxygens (including phenoxy) is 1. The van der Waals surface area contributed by atoms with E-state index in [-0.39, 0.29) is 12.1 Å². The van der Waals surface area contributed by atoms with E-state index in [1.807, 2.05) is 0 Å². The van der Waals surface area contributed by atoms with Crippen molar-refractivity contribution in [3.05, 3.63) is 54.0 Å². The van der Waals surface area contributed by atoms with E-state index in [1.54, 1.807) is 12.1 Å². The molecule has 140 valence electrons. The Morgan fingerprint density at radius 2 is 1.85 bits per heavy atom. The predicted octanol–water partition coefficient (Wildman–Crippen LogP) is 2.14. The van der Waals surface area contributed by atoms with Crippen LogP contribution in [0.15, 0.2) is 52.0 Å². The summed E-state index contributed by atoms with van der Waals surface area (Å²) in [4.78, 5) is 23.2. The molecule has 0 saturated heterocycles. The van der Waals surface area contributed by atoms with E-state index >= 15 is 0 Å². The fraction of sp³-hybridized carbons (Fsp3) is 0.250. The summed E-state index contributed by atoms with van der Waals surface area (Å²) < 4.78 is 57.6. The van der Waals surface area contributed by atoms with Gasteiger partial charge in [-0.05, 0) is 43.3 Å². The Hall–Kier alpha value is -2.75. The van der Waals surface area contributed by atoms with Gasteiger partial charge in [0.15, 0.2) is 6.10 Å². The Morgan fingerprint density at radius 1 is 1.19 bits per heavy atom. The van der Waals surface area contributed by atoms with Crippen LogP contribution in [-0.4, -0.2) is 32.2 Å². The van der Waals surface area contributed by atoms with Gasteiger partial charge in [0.25, 0.3) is 5.91 Å². The first-order valence-corrected chi connectivity index (χ1v) is 8.89. The summed E-state index contributed by atoms with van der Waals surface area (Å²) in [7, 11) is -4.74. The molecule has 10 heteroatoms. The maximum atomic E-state index is 12.5. The molecule has 0 aliphatic carbocycles. The molecule has 2 aromatic rings. The fourth-order valence-electron chi connectivity index (χ4n) is 1.90. The van der Waals surface area contributed by atoms with E-state index < -0.39 is 38.5 Å². The number of rotatable bonds is 7. The molecule has 0 fully saturated rings. The zero-order chi connectivity index (χ0) is 19.3. The number of hydrogen-bond donors (Lipinski definition) is 1. The SMILES string of the molecule is C[C@@H](OC(=O)c1ccc(S(=O)(=O)C(F)F)cc1)C(=O)NCc1ccco1. The van der Waals surface area contributed by atoms with E-state index in [0.717, 1.165) is 24.3 Å². The Kier molecular flexibility index (Phi) is 6.09. The number of nitrogens with one attached hydrogen (secondary N) is 1. The number of alkyl halides is 2. The van der Waals surface area contributed by atoms with E-state index in [9.17, 15) is 26.8 Å². The molecular weight excluding hydrogens is 372 g/mol. The summed E-state index contributed by atoms with van der Waals surface area (Å²) in [5, 5.41) is 2.51. The molecule has 1 N–H and O–H groups in total. The third-order valence-electron chi connectivity index (χ3n) is 3.32. The van der Waals surface area contributed by atoms with Crippen LogP contribution in [0.3, 0.4) is 0 Å². The molecule has 1 atom stereocenters. The number of furan rings is 1. The molecule has 0 saturated carbocycles. The molecule has 0 bridgehead atoms. The first-order valence-electron chi connectivity index (χ1n) is 7.35. The van der Waals surface area contributed by atoms with Gasteiger partial charge in [0.1, 0.15) is 5.76 Å². The van der Waals surface area contributed by atoms with Crippen molar-refractivity contribution in [2.75, 3.05) is 0 Å². The van der Waals surface area contributed by atoms with Crippen molar-refractivity contribution in [1.82, 2.24) is 5.32 Å². The van der Waals surface area contributed by atoms with Gasteiger partial charge in [-0.15, -0.1) is 0 Å². The van der Waals surface area contributed by atoms with Crippen LogP contribution >= 0.6 is 0 Å². The molecule has 0 unspecified atom stereocenters. The summed E-state index contributed by atoms with van der Waals surface area (Å²) in [6.45, 7) is 1.47. The van der Waals surface area contributed by atoms with Crippen LogP contribution in [0.2, 0.25) is 0 Å². The molecular formula is C16H15F2NO6S. The highest BCUT2D eigenvalue weighted by atomic mass is 32.2. The van der Waals surface area contributed by atoms with Gasteiger partial charge < -0.3 is 14.5 Å². The molecule has 7 nitrogen and oxygen atoms in total. The van der Waals surface area contributed by atoms with Crippen LogP contribution in [0.5, 0.6) is 0 Å². The van der Waals surface area contributed by atoms with Crippen LogP contribution in [0.1, 0.15) is 23.0 Å². The number of benzene rings is 1. The van der Waals surface area contributed by atoms with Gasteiger partial charge in [0.05, 0.1) is 23.3 Å². The van der Waals surface area contributed by atoms with Crippen molar-refractivity contribution >= 4 is 21.7 Å². The van der Waals surface area contributed by atoms with Gasteiger partial charge in [0.2, 0.25) is 9.84 Å². The fourth-order valence-corrected chi connectivity index (χ4v) is 2.62. The number of amides is 1. The zero-order valence-electron chi connectivity index (χ0n) is 13.5. The molecule has 1 aromatic carbocycles. The van der Waals surface area contributed by atoms with Crippen LogP contribution in [-0.2, 0) is 25.9 Å². The number of hydrogen-bond acceptors (Lipinski definition) is 6. The first-order chi connectivity index (χ1) is 12.2.